The number of hydrogen-bond donors (Lipinski definition) is 1. The van der Waals surface area contributed by atoms with Gasteiger partial charge in [0.25, 0.3) is 10.0 Å². The number of carbonyl (C=O) groups excluding carboxylic acids is 1. The van der Waals surface area contributed by atoms with E-state index in [0.717, 1.165) is 5.56 Å². The lowest BCUT2D eigenvalue weighted by Crippen LogP contribution is -2.14. The molecule has 0 aliphatic carbocycles. The molecule has 0 aliphatic heterocycles. The normalized spacial score (nSPS) is 11.1. The van der Waals surface area contributed by atoms with E-state index >= 15 is 0 Å². The van der Waals surface area contributed by atoms with E-state index < -0.39 is 10.0 Å². The molecule has 0 spiro atoms. The smallest absolute Gasteiger partial charge is 0.261 e. The zero-order chi connectivity index (χ0) is 14.8. The lowest BCUT2D eigenvalue weighted by Gasteiger charge is -2.10. The molecule has 2 aromatic carbocycles. The maximum Gasteiger partial charge on any atom is 0.261 e. The first-order valence-corrected chi connectivity index (χ1v) is 8.04. The summed E-state index contributed by atoms with van der Waals surface area (Å²) < 4.78 is 27.6. The van der Waals surface area contributed by atoms with Crippen LogP contribution < -0.4 is 4.72 Å². The maximum atomic E-state index is 12.2. The molecule has 0 bridgehead atoms. The molecule has 0 saturated carbocycles. The van der Waals surface area contributed by atoms with Gasteiger partial charge >= 0.3 is 0 Å². The minimum Gasteiger partial charge on any atom is -0.298 e. The fourth-order valence-electron chi connectivity index (χ4n) is 1.64. The van der Waals surface area contributed by atoms with E-state index in [1.165, 1.54) is 12.1 Å². The Balaban J connectivity index is 2.40. The third-order valence-electron chi connectivity index (χ3n) is 2.72. The number of carbonyl (C=O) groups is 1. The van der Waals surface area contributed by atoms with Crippen molar-refractivity contribution >= 4 is 37.9 Å². The topological polar surface area (TPSA) is 63.2 Å². The zero-order valence-corrected chi connectivity index (χ0v) is 13.0. The van der Waals surface area contributed by atoms with Crippen LogP contribution in [0.1, 0.15) is 15.9 Å². The highest BCUT2D eigenvalue weighted by molar-refractivity contribution is 9.10. The molecule has 4 nitrogen and oxygen atoms in total. The highest BCUT2D eigenvalue weighted by atomic mass is 79.9. The van der Waals surface area contributed by atoms with Crippen molar-refractivity contribution in [1.29, 1.82) is 0 Å². The first-order valence-electron chi connectivity index (χ1n) is 5.76. The Kier molecular flexibility index (Phi) is 4.25. The second kappa shape index (κ2) is 5.76. The van der Waals surface area contributed by atoms with Crippen molar-refractivity contribution < 1.29 is 13.2 Å². The summed E-state index contributed by atoms with van der Waals surface area (Å²) in [5.41, 5.74) is 1.50. The van der Waals surface area contributed by atoms with E-state index in [-0.39, 0.29) is 16.1 Å². The second-order valence-electron chi connectivity index (χ2n) is 4.27. The monoisotopic (exact) mass is 353 g/mol. The number of halogens is 1. The van der Waals surface area contributed by atoms with Gasteiger partial charge < -0.3 is 0 Å². The molecule has 20 heavy (non-hydrogen) atoms. The van der Waals surface area contributed by atoms with Crippen LogP contribution in [0, 0.1) is 6.92 Å². The van der Waals surface area contributed by atoms with Gasteiger partial charge in [-0.3, -0.25) is 9.52 Å². The Bertz CT molecular complexity index is 740. The Hall–Kier alpha value is -1.66. The summed E-state index contributed by atoms with van der Waals surface area (Å²) in [6, 6.07) is 11.3. The van der Waals surface area contributed by atoms with Crippen LogP contribution in [0.25, 0.3) is 0 Å². The highest BCUT2D eigenvalue weighted by Gasteiger charge is 2.15. The lowest BCUT2D eigenvalue weighted by atomic mass is 10.2. The molecule has 0 heterocycles. The number of aryl methyl sites for hydroxylation is 1. The third-order valence-corrected chi connectivity index (χ3v) is 4.59. The molecular formula is C14H12BrNO3S. The van der Waals surface area contributed by atoms with E-state index in [2.05, 4.69) is 20.7 Å². The summed E-state index contributed by atoms with van der Waals surface area (Å²) in [7, 11) is -3.71. The van der Waals surface area contributed by atoms with E-state index in [4.69, 9.17) is 0 Å². The predicted octanol–water partition coefficient (Wildman–Crippen LogP) is 3.37. The van der Waals surface area contributed by atoms with E-state index in [1.807, 2.05) is 6.92 Å². The van der Waals surface area contributed by atoms with Crippen molar-refractivity contribution in [3.05, 3.63) is 58.1 Å². The summed E-state index contributed by atoms with van der Waals surface area (Å²) in [5.74, 6) is 0. The number of aldehydes is 1. The molecule has 0 aromatic heterocycles. The maximum absolute atomic E-state index is 12.2. The fraction of sp³-hybridized carbons (Fsp3) is 0.0714. The van der Waals surface area contributed by atoms with Crippen molar-refractivity contribution in [3.63, 3.8) is 0 Å². The average Bonchev–Trinajstić information content (AvgIpc) is 2.39. The first-order chi connectivity index (χ1) is 9.42. The molecule has 0 saturated heterocycles. The van der Waals surface area contributed by atoms with Gasteiger partial charge in [0.15, 0.2) is 6.29 Å². The number of nitrogens with one attached hydrogen (secondary N) is 1. The van der Waals surface area contributed by atoms with Crippen LogP contribution in [0.15, 0.2) is 51.8 Å². The molecular weight excluding hydrogens is 342 g/mol. The van der Waals surface area contributed by atoms with Gasteiger partial charge in [0.2, 0.25) is 0 Å². The van der Waals surface area contributed by atoms with Gasteiger partial charge in [0.05, 0.1) is 10.6 Å². The minimum atomic E-state index is -3.71. The lowest BCUT2D eigenvalue weighted by molar-refractivity contribution is 0.112. The minimum absolute atomic E-state index is 0.153. The van der Waals surface area contributed by atoms with Crippen LogP contribution in [0.2, 0.25) is 0 Å². The van der Waals surface area contributed by atoms with Crippen LogP contribution >= 0.6 is 15.9 Å². The van der Waals surface area contributed by atoms with E-state index in [1.54, 1.807) is 30.3 Å². The molecule has 0 aliphatic rings. The number of anilines is 1. The van der Waals surface area contributed by atoms with Crippen molar-refractivity contribution in [1.82, 2.24) is 0 Å². The number of hydrogen-bond acceptors (Lipinski definition) is 3. The number of rotatable bonds is 4. The molecule has 2 rings (SSSR count). The molecule has 6 heteroatoms. The summed E-state index contributed by atoms with van der Waals surface area (Å²) in [4.78, 5) is 11.1. The van der Waals surface area contributed by atoms with Crippen molar-refractivity contribution in [2.24, 2.45) is 0 Å². The van der Waals surface area contributed by atoms with E-state index in [9.17, 15) is 13.2 Å². The van der Waals surface area contributed by atoms with Crippen molar-refractivity contribution in [2.45, 2.75) is 11.8 Å². The fourth-order valence-corrected chi connectivity index (χ4v) is 3.08. The van der Waals surface area contributed by atoms with Crippen LogP contribution in [-0.4, -0.2) is 14.7 Å². The van der Waals surface area contributed by atoms with Gasteiger partial charge in [0.1, 0.15) is 0 Å². The van der Waals surface area contributed by atoms with Gasteiger partial charge in [-0.2, -0.15) is 0 Å². The van der Waals surface area contributed by atoms with Gasteiger partial charge in [-0.1, -0.05) is 33.6 Å². The quantitative estimate of drug-likeness (QED) is 0.857. The standard InChI is InChI=1S/C14H12BrNO3S/c1-10-2-6-13(7-3-10)20(18,19)16-14-8-12(15)5-4-11(14)9-17/h2-9,16H,1H3. The SMILES string of the molecule is Cc1ccc(S(=O)(=O)Nc2cc(Br)ccc2C=O)cc1. The van der Waals surface area contributed by atoms with Gasteiger partial charge in [-0.15, -0.1) is 0 Å². The summed E-state index contributed by atoms with van der Waals surface area (Å²) in [6.07, 6.45) is 0.611. The Morgan fingerprint density at radius 1 is 1.10 bits per heavy atom. The van der Waals surface area contributed by atoms with Crippen LogP contribution in [0.5, 0.6) is 0 Å². The first kappa shape index (κ1) is 14.7. The van der Waals surface area contributed by atoms with Gasteiger partial charge in [-0.25, -0.2) is 8.42 Å². The molecule has 0 unspecified atom stereocenters. The molecule has 2 aromatic rings. The van der Waals surface area contributed by atoms with Gasteiger partial charge in [-0.05, 0) is 37.3 Å². The summed E-state index contributed by atoms with van der Waals surface area (Å²) >= 11 is 3.25. The number of sulfonamides is 1. The molecule has 1 N–H and O–H groups in total. The Labute approximate surface area is 126 Å². The van der Waals surface area contributed by atoms with Crippen LogP contribution in [0.3, 0.4) is 0 Å². The molecule has 0 atom stereocenters. The van der Waals surface area contributed by atoms with E-state index in [0.29, 0.717) is 10.8 Å². The zero-order valence-electron chi connectivity index (χ0n) is 10.6. The van der Waals surface area contributed by atoms with Gasteiger partial charge in [0, 0.05) is 10.0 Å². The van der Waals surface area contributed by atoms with Crippen LogP contribution in [-0.2, 0) is 10.0 Å². The Morgan fingerprint density at radius 2 is 1.75 bits per heavy atom. The average molecular weight is 354 g/mol. The molecule has 0 amide bonds. The largest absolute Gasteiger partial charge is 0.298 e. The highest BCUT2D eigenvalue weighted by Crippen LogP contribution is 2.23. The second-order valence-corrected chi connectivity index (χ2v) is 6.87. The van der Waals surface area contributed by atoms with Crippen molar-refractivity contribution in [2.75, 3.05) is 4.72 Å². The molecule has 0 radical (unpaired) electrons. The molecule has 0 fully saturated rings. The third kappa shape index (κ3) is 3.26. The summed E-state index contributed by atoms with van der Waals surface area (Å²) in [5, 5.41) is 0. The molecule has 104 valence electrons. The van der Waals surface area contributed by atoms with Crippen molar-refractivity contribution in [3.8, 4) is 0 Å². The Morgan fingerprint density at radius 3 is 2.35 bits per heavy atom. The van der Waals surface area contributed by atoms with Crippen LogP contribution in [0.4, 0.5) is 5.69 Å². The number of benzene rings is 2. The summed E-state index contributed by atoms with van der Waals surface area (Å²) in [6.45, 7) is 1.88. The predicted molar refractivity (Wildman–Crippen MR) is 81.5 cm³/mol.